The van der Waals surface area contributed by atoms with Crippen molar-refractivity contribution in [2.45, 2.75) is 38.6 Å². The van der Waals surface area contributed by atoms with E-state index < -0.39 is 5.91 Å². The molecule has 0 atom stereocenters. The van der Waals surface area contributed by atoms with Crippen molar-refractivity contribution in [1.82, 2.24) is 14.8 Å². The molecule has 2 aliphatic rings. The second kappa shape index (κ2) is 10.1. The summed E-state index contributed by atoms with van der Waals surface area (Å²) in [6, 6.07) is 9.34. The van der Waals surface area contributed by atoms with Crippen LogP contribution in [0.4, 0.5) is 17.2 Å². The molecule has 2 saturated heterocycles. The van der Waals surface area contributed by atoms with Crippen LogP contribution in [0.15, 0.2) is 36.5 Å². The second-order valence-corrected chi connectivity index (χ2v) is 9.00. The average Bonchev–Trinajstić information content (AvgIpc) is 3.38. The standard InChI is InChI=1S/C25H32N6O3/c1-17(32)30-13-9-20(10-14-30)29(2)22-15-23(27-16-21(22)24(26)33)28-19-7-5-18(6-8-19)25(34)31-11-3-4-12-31/h5-8,15-16,20H,3-4,9-14H2,1-2H3,(H2,26,33)(H,27,28). The summed E-state index contributed by atoms with van der Waals surface area (Å²) in [6.45, 7) is 4.60. The van der Waals surface area contributed by atoms with E-state index >= 15 is 0 Å². The lowest BCUT2D eigenvalue weighted by Gasteiger charge is -2.38. The molecule has 0 unspecified atom stereocenters. The topological polar surface area (TPSA) is 112 Å². The molecule has 0 aliphatic carbocycles. The molecular weight excluding hydrogens is 432 g/mol. The van der Waals surface area contributed by atoms with E-state index in [1.807, 2.05) is 47.2 Å². The highest BCUT2D eigenvalue weighted by atomic mass is 16.2. The van der Waals surface area contributed by atoms with Crippen molar-refractivity contribution in [2.24, 2.45) is 5.73 Å². The van der Waals surface area contributed by atoms with E-state index in [4.69, 9.17) is 5.73 Å². The Bertz CT molecular complexity index is 1060. The average molecular weight is 465 g/mol. The Labute approximate surface area is 199 Å². The Morgan fingerprint density at radius 2 is 1.68 bits per heavy atom. The van der Waals surface area contributed by atoms with Crippen molar-refractivity contribution < 1.29 is 14.4 Å². The molecule has 9 heteroatoms. The van der Waals surface area contributed by atoms with Crippen LogP contribution in [0.3, 0.4) is 0 Å². The summed E-state index contributed by atoms with van der Waals surface area (Å²) in [6.07, 6.45) is 5.24. The number of hydrogen-bond donors (Lipinski definition) is 2. The van der Waals surface area contributed by atoms with E-state index in [-0.39, 0.29) is 17.9 Å². The van der Waals surface area contributed by atoms with Crippen LogP contribution in [-0.4, -0.2) is 71.8 Å². The summed E-state index contributed by atoms with van der Waals surface area (Å²) < 4.78 is 0. The number of anilines is 3. The number of nitrogens with zero attached hydrogens (tertiary/aromatic N) is 4. The Balaban J connectivity index is 1.49. The van der Waals surface area contributed by atoms with Gasteiger partial charge in [0.15, 0.2) is 0 Å². The van der Waals surface area contributed by atoms with Crippen molar-refractivity contribution >= 4 is 34.9 Å². The molecule has 0 saturated carbocycles. The summed E-state index contributed by atoms with van der Waals surface area (Å²) in [4.78, 5) is 46.4. The fraction of sp³-hybridized carbons (Fsp3) is 0.440. The second-order valence-electron chi connectivity index (χ2n) is 9.00. The lowest BCUT2D eigenvalue weighted by molar-refractivity contribution is -0.129. The highest BCUT2D eigenvalue weighted by molar-refractivity contribution is 5.99. The minimum Gasteiger partial charge on any atom is -0.371 e. The van der Waals surface area contributed by atoms with Crippen LogP contribution in [0.5, 0.6) is 0 Å². The number of hydrogen-bond acceptors (Lipinski definition) is 6. The summed E-state index contributed by atoms with van der Waals surface area (Å²) in [7, 11) is 1.94. The van der Waals surface area contributed by atoms with Gasteiger partial charge in [0.1, 0.15) is 5.82 Å². The third-order valence-corrected chi connectivity index (χ3v) is 6.78. The van der Waals surface area contributed by atoms with E-state index in [1.165, 1.54) is 6.20 Å². The number of carbonyl (C=O) groups excluding carboxylic acids is 3. The predicted molar refractivity (Wildman–Crippen MR) is 131 cm³/mol. The summed E-state index contributed by atoms with van der Waals surface area (Å²) >= 11 is 0. The first-order valence-corrected chi connectivity index (χ1v) is 11.8. The van der Waals surface area contributed by atoms with Crippen LogP contribution < -0.4 is 16.0 Å². The number of likely N-dealkylation sites (tertiary alicyclic amines) is 2. The van der Waals surface area contributed by atoms with Crippen LogP contribution in [0, 0.1) is 0 Å². The Morgan fingerprint density at radius 3 is 2.26 bits per heavy atom. The number of pyridine rings is 1. The molecule has 2 aliphatic heterocycles. The number of primary amides is 1. The van der Waals surface area contributed by atoms with Gasteiger partial charge in [-0.2, -0.15) is 0 Å². The summed E-state index contributed by atoms with van der Waals surface area (Å²) in [5.74, 6) is 0.189. The van der Waals surface area contributed by atoms with Gasteiger partial charge in [-0.15, -0.1) is 0 Å². The molecule has 34 heavy (non-hydrogen) atoms. The highest BCUT2D eigenvalue weighted by Crippen LogP contribution is 2.28. The van der Waals surface area contributed by atoms with Gasteiger partial charge >= 0.3 is 0 Å². The molecule has 3 amide bonds. The van der Waals surface area contributed by atoms with E-state index in [1.54, 1.807) is 6.92 Å². The number of piperidine rings is 1. The molecule has 9 nitrogen and oxygen atoms in total. The van der Waals surface area contributed by atoms with E-state index in [0.717, 1.165) is 44.5 Å². The SMILES string of the molecule is CC(=O)N1CCC(N(C)c2cc(Nc3ccc(C(=O)N4CCCC4)cc3)ncc2C(N)=O)CC1. The maximum Gasteiger partial charge on any atom is 0.253 e. The zero-order chi connectivity index (χ0) is 24.2. The Morgan fingerprint density at radius 1 is 1.03 bits per heavy atom. The monoisotopic (exact) mass is 464 g/mol. The van der Waals surface area contributed by atoms with Gasteiger partial charge in [-0.3, -0.25) is 14.4 Å². The van der Waals surface area contributed by atoms with E-state index in [2.05, 4.69) is 15.2 Å². The molecule has 2 fully saturated rings. The summed E-state index contributed by atoms with van der Waals surface area (Å²) in [5, 5.41) is 3.26. The highest BCUT2D eigenvalue weighted by Gasteiger charge is 2.26. The van der Waals surface area contributed by atoms with Crippen molar-refractivity contribution in [3.63, 3.8) is 0 Å². The summed E-state index contributed by atoms with van der Waals surface area (Å²) in [5.41, 5.74) is 8.15. The number of amides is 3. The van der Waals surface area contributed by atoms with Crippen molar-refractivity contribution in [3.05, 3.63) is 47.7 Å². The number of carbonyl (C=O) groups is 3. The van der Waals surface area contributed by atoms with Gasteiger partial charge in [-0.25, -0.2) is 4.98 Å². The molecule has 4 rings (SSSR count). The van der Waals surface area contributed by atoms with Crippen molar-refractivity contribution in [1.29, 1.82) is 0 Å². The number of nitrogens with two attached hydrogens (primary N) is 1. The molecule has 0 spiro atoms. The first-order chi connectivity index (χ1) is 16.3. The third-order valence-electron chi connectivity index (χ3n) is 6.78. The predicted octanol–water partition coefficient (Wildman–Crippen LogP) is 2.61. The van der Waals surface area contributed by atoms with Crippen LogP contribution in [0.2, 0.25) is 0 Å². The quantitative estimate of drug-likeness (QED) is 0.680. The fourth-order valence-electron chi connectivity index (χ4n) is 4.71. The third kappa shape index (κ3) is 5.13. The van der Waals surface area contributed by atoms with E-state index in [9.17, 15) is 14.4 Å². The Kier molecular flexibility index (Phi) is 7.00. The molecule has 2 aromatic rings. The Hall–Kier alpha value is -3.62. The van der Waals surface area contributed by atoms with Gasteiger partial charge < -0.3 is 25.8 Å². The minimum absolute atomic E-state index is 0.0627. The van der Waals surface area contributed by atoms with Crippen LogP contribution in [0.1, 0.15) is 53.3 Å². The lowest BCUT2D eigenvalue weighted by Crippen LogP contribution is -2.45. The first kappa shape index (κ1) is 23.5. The van der Waals surface area contributed by atoms with Crippen LogP contribution in [-0.2, 0) is 4.79 Å². The molecular formula is C25H32N6O3. The molecule has 0 radical (unpaired) electrons. The maximum absolute atomic E-state index is 12.6. The largest absolute Gasteiger partial charge is 0.371 e. The zero-order valence-electron chi connectivity index (χ0n) is 19.8. The van der Waals surface area contributed by atoms with Gasteiger partial charge in [0.05, 0.1) is 11.3 Å². The number of rotatable bonds is 6. The number of benzene rings is 1. The van der Waals surface area contributed by atoms with Gasteiger partial charge in [0.25, 0.3) is 11.8 Å². The smallest absolute Gasteiger partial charge is 0.253 e. The van der Waals surface area contributed by atoms with Gasteiger partial charge in [0, 0.05) is 69.7 Å². The minimum atomic E-state index is -0.535. The number of aromatic nitrogens is 1. The van der Waals surface area contributed by atoms with Crippen molar-refractivity contribution in [3.8, 4) is 0 Å². The fourth-order valence-corrected chi connectivity index (χ4v) is 4.71. The van der Waals surface area contributed by atoms with Gasteiger partial charge in [-0.05, 0) is 49.9 Å². The molecule has 3 heterocycles. The molecule has 1 aromatic heterocycles. The first-order valence-electron chi connectivity index (χ1n) is 11.8. The normalized spacial score (nSPS) is 16.4. The lowest BCUT2D eigenvalue weighted by atomic mass is 10.0. The van der Waals surface area contributed by atoms with Crippen LogP contribution in [0.25, 0.3) is 0 Å². The zero-order valence-corrected chi connectivity index (χ0v) is 19.8. The molecule has 1 aromatic carbocycles. The maximum atomic E-state index is 12.6. The van der Waals surface area contributed by atoms with Gasteiger partial charge in [0.2, 0.25) is 5.91 Å². The van der Waals surface area contributed by atoms with Crippen molar-refractivity contribution in [2.75, 3.05) is 43.4 Å². The molecule has 180 valence electrons. The molecule has 3 N–H and O–H groups in total. The van der Waals surface area contributed by atoms with E-state index in [0.29, 0.717) is 35.7 Å². The van der Waals surface area contributed by atoms with Crippen LogP contribution >= 0.6 is 0 Å². The van der Waals surface area contributed by atoms with Gasteiger partial charge in [-0.1, -0.05) is 0 Å². The molecule has 0 bridgehead atoms. The number of nitrogens with one attached hydrogen (secondary N) is 1.